The maximum atomic E-state index is 14.3. The molecule has 0 saturated carbocycles. The van der Waals surface area contributed by atoms with Crippen LogP contribution >= 0.6 is 0 Å². The van der Waals surface area contributed by atoms with Crippen LogP contribution in [0.4, 0.5) is 13.6 Å². The Bertz CT molecular complexity index is 766. The monoisotopic (exact) mass is 377 g/mol. The molecule has 6 nitrogen and oxygen atoms in total. The van der Waals surface area contributed by atoms with E-state index in [4.69, 9.17) is 9.47 Å². The second kappa shape index (κ2) is 8.77. The van der Waals surface area contributed by atoms with Crippen molar-refractivity contribution in [3.63, 3.8) is 0 Å². The summed E-state index contributed by atoms with van der Waals surface area (Å²) in [5.74, 6) is -1.59. The summed E-state index contributed by atoms with van der Waals surface area (Å²) >= 11 is 0. The van der Waals surface area contributed by atoms with Gasteiger partial charge in [0.1, 0.15) is 30.6 Å². The van der Waals surface area contributed by atoms with Crippen molar-refractivity contribution in [3.8, 4) is 5.75 Å². The van der Waals surface area contributed by atoms with Gasteiger partial charge in [0.15, 0.2) is 0 Å². The number of piperazine rings is 1. The highest BCUT2D eigenvalue weighted by molar-refractivity contribution is 5.68. The van der Waals surface area contributed by atoms with E-state index in [0.29, 0.717) is 19.6 Å². The lowest BCUT2D eigenvalue weighted by Crippen LogP contribution is -2.52. The molecule has 1 fully saturated rings. The second-order valence-electron chi connectivity index (χ2n) is 6.32. The topological polar surface area (TPSA) is 63.7 Å². The SMILES string of the molecule is CC1CNCCN1C(=O)OCc1c(F)cc(OCc2cccnc2)cc1F. The third kappa shape index (κ3) is 4.91. The molecule has 3 rings (SSSR count). The standard InChI is InChI=1S/C19H21F2N3O3/c1-13-9-23-5-6-24(13)19(25)27-12-16-17(20)7-15(8-18(16)21)26-11-14-3-2-4-22-10-14/h2-4,7-8,10,13,23H,5-6,9,11-12H2,1H3. The van der Waals surface area contributed by atoms with Crippen LogP contribution < -0.4 is 10.1 Å². The minimum Gasteiger partial charge on any atom is -0.489 e. The number of benzene rings is 1. The normalized spacial score (nSPS) is 16.9. The molecule has 27 heavy (non-hydrogen) atoms. The molecule has 1 aromatic heterocycles. The van der Waals surface area contributed by atoms with Crippen LogP contribution in [0.15, 0.2) is 36.7 Å². The summed E-state index contributed by atoms with van der Waals surface area (Å²) in [5, 5.41) is 3.15. The Hall–Kier alpha value is -2.74. The van der Waals surface area contributed by atoms with Crippen LogP contribution in [0.3, 0.4) is 0 Å². The summed E-state index contributed by atoms with van der Waals surface area (Å²) in [6, 6.07) is 5.66. The summed E-state index contributed by atoms with van der Waals surface area (Å²) < 4.78 is 39.0. The van der Waals surface area contributed by atoms with E-state index in [1.165, 1.54) is 4.90 Å². The average molecular weight is 377 g/mol. The smallest absolute Gasteiger partial charge is 0.410 e. The van der Waals surface area contributed by atoms with Gasteiger partial charge in [-0.1, -0.05) is 6.07 Å². The van der Waals surface area contributed by atoms with E-state index in [0.717, 1.165) is 17.7 Å². The molecule has 2 heterocycles. The number of nitrogens with one attached hydrogen (secondary N) is 1. The Morgan fingerprint density at radius 2 is 2.11 bits per heavy atom. The van der Waals surface area contributed by atoms with E-state index >= 15 is 0 Å². The highest BCUT2D eigenvalue weighted by Crippen LogP contribution is 2.22. The van der Waals surface area contributed by atoms with Crippen LogP contribution in [-0.4, -0.2) is 41.7 Å². The number of carbonyl (C=O) groups is 1. The van der Waals surface area contributed by atoms with E-state index in [1.807, 2.05) is 6.92 Å². The summed E-state index contributed by atoms with van der Waals surface area (Å²) in [6.45, 7) is 3.35. The molecule has 1 aliphatic rings. The highest BCUT2D eigenvalue weighted by atomic mass is 19.1. The van der Waals surface area contributed by atoms with Crippen LogP contribution in [-0.2, 0) is 18.0 Å². The van der Waals surface area contributed by atoms with E-state index in [2.05, 4.69) is 10.3 Å². The third-order valence-electron chi connectivity index (χ3n) is 4.32. The largest absolute Gasteiger partial charge is 0.489 e. The number of halogens is 2. The van der Waals surface area contributed by atoms with E-state index in [1.54, 1.807) is 24.5 Å². The molecule has 1 atom stereocenters. The molecule has 1 aliphatic heterocycles. The van der Waals surface area contributed by atoms with Gasteiger partial charge < -0.3 is 19.7 Å². The van der Waals surface area contributed by atoms with Crippen molar-refractivity contribution in [1.29, 1.82) is 0 Å². The fraction of sp³-hybridized carbons (Fsp3) is 0.368. The van der Waals surface area contributed by atoms with Crippen LogP contribution in [0.25, 0.3) is 0 Å². The Morgan fingerprint density at radius 1 is 1.33 bits per heavy atom. The first-order valence-corrected chi connectivity index (χ1v) is 8.68. The number of nitrogens with zero attached hydrogens (tertiary/aromatic N) is 2. The van der Waals surface area contributed by atoms with Crippen LogP contribution in [0.1, 0.15) is 18.1 Å². The number of carbonyl (C=O) groups excluding carboxylic acids is 1. The molecule has 1 N–H and O–H groups in total. The van der Waals surface area contributed by atoms with Gasteiger partial charge in [-0.3, -0.25) is 4.98 Å². The lowest BCUT2D eigenvalue weighted by molar-refractivity contribution is 0.0744. The lowest BCUT2D eigenvalue weighted by Gasteiger charge is -2.33. The van der Waals surface area contributed by atoms with Crippen molar-refractivity contribution < 1.29 is 23.0 Å². The van der Waals surface area contributed by atoms with Gasteiger partial charge in [0.25, 0.3) is 0 Å². The Labute approximate surface area is 156 Å². The molecule has 144 valence electrons. The van der Waals surface area contributed by atoms with Crippen molar-refractivity contribution in [2.75, 3.05) is 19.6 Å². The zero-order valence-electron chi connectivity index (χ0n) is 15.0. The molecule has 1 amide bonds. The Kier molecular flexibility index (Phi) is 6.18. The number of pyridine rings is 1. The highest BCUT2D eigenvalue weighted by Gasteiger charge is 2.25. The summed E-state index contributed by atoms with van der Waals surface area (Å²) in [5.41, 5.74) is 0.473. The Balaban J connectivity index is 1.60. The average Bonchev–Trinajstić information content (AvgIpc) is 2.66. The van der Waals surface area contributed by atoms with Gasteiger partial charge in [0.2, 0.25) is 0 Å². The molecule has 8 heteroatoms. The van der Waals surface area contributed by atoms with E-state index in [-0.39, 0.29) is 24.0 Å². The first kappa shape index (κ1) is 19.0. The van der Waals surface area contributed by atoms with Crippen molar-refractivity contribution in [2.45, 2.75) is 26.2 Å². The van der Waals surface area contributed by atoms with Gasteiger partial charge in [-0.25, -0.2) is 13.6 Å². The zero-order chi connectivity index (χ0) is 19.2. The summed E-state index contributed by atoms with van der Waals surface area (Å²) in [7, 11) is 0. The van der Waals surface area contributed by atoms with Crippen LogP contribution in [0, 0.1) is 11.6 Å². The van der Waals surface area contributed by atoms with Crippen LogP contribution in [0.5, 0.6) is 5.75 Å². The minimum atomic E-state index is -0.822. The van der Waals surface area contributed by atoms with E-state index in [9.17, 15) is 13.6 Å². The molecular weight excluding hydrogens is 356 g/mol. The number of aromatic nitrogens is 1. The predicted molar refractivity (Wildman–Crippen MR) is 94.1 cm³/mol. The lowest BCUT2D eigenvalue weighted by atomic mass is 10.2. The van der Waals surface area contributed by atoms with Crippen molar-refractivity contribution in [2.24, 2.45) is 0 Å². The number of hydrogen-bond donors (Lipinski definition) is 1. The quantitative estimate of drug-likeness (QED) is 0.868. The molecule has 1 saturated heterocycles. The molecule has 0 spiro atoms. The van der Waals surface area contributed by atoms with Gasteiger partial charge in [-0.05, 0) is 13.0 Å². The zero-order valence-corrected chi connectivity index (χ0v) is 15.0. The van der Waals surface area contributed by atoms with Crippen molar-refractivity contribution in [1.82, 2.24) is 15.2 Å². The van der Waals surface area contributed by atoms with Gasteiger partial charge in [0, 0.05) is 55.8 Å². The first-order chi connectivity index (χ1) is 13.0. The van der Waals surface area contributed by atoms with Crippen molar-refractivity contribution in [3.05, 3.63) is 59.4 Å². The van der Waals surface area contributed by atoms with E-state index < -0.39 is 24.3 Å². The molecule has 2 aromatic rings. The molecule has 1 aromatic carbocycles. The van der Waals surface area contributed by atoms with Gasteiger partial charge >= 0.3 is 6.09 Å². The fourth-order valence-electron chi connectivity index (χ4n) is 2.78. The predicted octanol–water partition coefficient (Wildman–Crippen LogP) is 2.87. The minimum absolute atomic E-state index is 0.0378. The maximum Gasteiger partial charge on any atom is 0.410 e. The maximum absolute atomic E-state index is 14.3. The molecule has 0 aliphatic carbocycles. The van der Waals surface area contributed by atoms with Gasteiger partial charge in [-0.15, -0.1) is 0 Å². The summed E-state index contributed by atoms with van der Waals surface area (Å²) in [6.07, 6.45) is 2.65. The number of hydrogen-bond acceptors (Lipinski definition) is 5. The molecule has 0 radical (unpaired) electrons. The number of rotatable bonds is 5. The van der Waals surface area contributed by atoms with Crippen molar-refractivity contribution >= 4 is 6.09 Å². The Morgan fingerprint density at radius 3 is 2.78 bits per heavy atom. The molecular formula is C19H21F2N3O3. The second-order valence-corrected chi connectivity index (χ2v) is 6.32. The number of ether oxygens (including phenoxy) is 2. The first-order valence-electron chi connectivity index (χ1n) is 8.68. The third-order valence-corrected chi connectivity index (χ3v) is 4.32. The summed E-state index contributed by atoms with van der Waals surface area (Å²) in [4.78, 5) is 17.6. The molecule has 0 bridgehead atoms. The fourth-order valence-corrected chi connectivity index (χ4v) is 2.78. The van der Waals surface area contributed by atoms with Gasteiger partial charge in [-0.2, -0.15) is 0 Å². The van der Waals surface area contributed by atoms with Gasteiger partial charge in [0.05, 0.1) is 5.56 Å². The van der Waals surface area contributed by atoms with Crippen LogP contribution in [0.2, 0.25) is 0 Å². The number of amides is 1. The molecule has 1 unspecified atom stereocenters.